The Hall–Kier alpha value is -7.22. The second kappa shape index (κ2) is 26.6. The van der Waals surface area contributed by atoms with Crippen LogP contribution in [0.25, 0.3) is 29.9 Å². The van der Waals surface area contributed by atoms with E-state index in [2.05, 4.69) is 0 Å². The molecule has 0 aliphatic heterocycles. The Morgan fingerprint density at radius 1 is 0.475 bits per heavy atom. The van der Waals surface area contributed by atoms with Crippen LogP contribution in [0.5, 0.6) is 0 Å². The summed E-state index contributed by atoms with van der Waals surface area (Å²) in [7, 11) is 0. The average Bonchev–Trinajstić information content (AvgIpc) is 3.25. The quantitative estimate of drug-likeness (QED) is 0.0443. The first-order chi connectivity index (χ1) is 28.3. The Morgan fingerprint density at radius 2 is 0.915 bits per heavy atom. The molecule has 0 aromatic heterocycles. The molecule has 12 nitrogen and oxygen atoms in total. The minimum Gasteiger partial charge on any atom is -0.478 e. The van der Waals surface area contributed by atoms with E-state index in [9.17, 15) is 24.3 Å². The number of benzene rings is 5. The van der Waals surface area contributed by atoms with Crippen LogP contribution in [0.15, 0.2) is 145 Å². The summed E-state index contributed by atoms with van der Waals surface area (Å²) in [6, 6.07) is 38.1. The number of hydrogen-bond acceptors (Lipinski definition) is 8. The molecule has 12 heteroatoms. The van der Waals surface area contributed by atoms with Gasteiger partial charge in [-0.25, -0.2) is 19.2 Å². The Labute approximate surface area is 341 Å². The molecule has 0 saturated heterocycles. The Morgan fingerprint density at radius 3 is 1.31 bits per heavy atom. The van der Waals surface area contributed by atoms with Crippen LogP contribution in [0.2, 0.25) is 0 Å². The van der Waals surface area contributed by atoms with Crippen LogP contribution >= 0.6 is 0 Å². The molecule has 0 radical (unpaired) electrons. The fraction of sp³-hybridized carbons (Fsp3) is 0.106. The molecule has 0 atom stereocenters. The normalized spacial score (nSPS) is 11.0. The maximum absolute atomic E-state index is 11.2. The van der Waals surface area contributed by atoms with E-state index in [0.717, 1.165) is 34.4 Å². The van der Waals surface area contributed by atoms with Gasteiger partial charge in [0.1, 0.15) is 0 Å². The van der Waals surface area contributed by atoms with E-state index >= 15 is 0 Å². The topological polar surface area (TPSA) is 230 Å². The van der Waals surface area contributed by atoms with Crippen molar-refractivity contribution in [1.29, 1.82) is 0 Å². The molecule has 0 saturated carbocycles. The standard InChI is InChI=1S/C15H12O2.C12H14O5.C10H10O3.C10H10O2/c16-15(17)14(13-9-5-2-6-10-13)11-12-7-3-1-4-8-12;13-5-9-3-8(1-2-12(16)17)4-10(6-14)11(9)7-15;11-7-9-3-1-8(2-4-9)5-6-10(12)13;1-8(10(11)12)7-9-5-3-2-4-6-9/h1-11H,(H,16,17);1-4,13-15H,5-7H2,(H,16,17);1-6,11H,7H2,(H,12,13);2-7H,1H3,(H,11,12)/b14-11+;2-1+;6-5+;8-7+. The van der Waals surface area contributed by atoms with Gasteiger partial charge in [-0.15, -0.1) is 0 Å². The van der Waals surface area contributed by atoms with Crippen LogP contribution in [0.4, 0.5) is 0 Å². The van der Waals surface area contributed by atoms with Gasteiger partial charge in [0.25, 0.3) is 0 Å². The number of hydrogen-bond donors (Lipinski definition) is 8. The minimum atomic E-state index is -1.08. The van der Waals surface area contributed by atoms with Gasteiger partial charge in [-0.1, -0.05) is 115 Å². The molecular formula is C47H46O12. The molecule has 5 rings (SSSR count). The summed E-state index contributed by atoms with van der Waals surface area (Å²) in [5.41, 5.74) is 6.76. The predicted octanol–water partition coefficient (Wildman–Crippen LogP) is 7.02. The Kier molecular flexibility index (Phi) is 21.6. The van der Waals surface area contributed by atoms with Crippen molar-refractivity contribution < 1.29 is 60.0 Å². The summed E-state index contributed by atoms with van der Waals surface area (Å²) >= 11 is 0. The van der Waals surface area contributed by atoms with Gasteiger partial charge in [-0.3, -0.25) is 0 Å². The molecule has 8 N–H and O–H groups in total. The smallest absolute Gasteiger partial charge is 0.336 e. The summed E-state index contributed by atoms with van der Waals surface area (Å²) in [6.07, 6.45) is 8.23. The van der Waals surface area contributed by atoms with Crippen LogP contribution in [0.1, 0.15) is 57.0 Å². The lowest BCUT2D eigenvalue weighted by atomic mass is 9.98. The minimum absolute atomic E-state index is 0.00290. The molecule has 5 aromatic rings. The summed E-state index contributed by atoms with van der Waals surface area (Å²) < 4.78 is 0. The van der Waals surface area contributed by atoms with Gasteiger partial charge >= 0.3 is 23.9 Å². The van der Waals surface area contributed by atoms with E-state index in [4.69, 9.17) is 35.7 Å². The third-order valence-corrected chi connectivity index (χ3v) is 7.90. The number of aliphatic hydroxyl groups excluding tert-OH is 4. The van der Waals surface area contributed by atoms with Crippen molar-refractivity contribution >= 4 is 53.8 Å². The zero-order chi connectivity index (χ0) is 43.6. The van der Waals surface area contributed by atoms with Crippen LogP contribution in [0.3, 0.4) is 0 Å². The first-order valence-electron chi connectivity index (χ1n) is 17.8. The van der Waals surface area contributed by atoms with Crippen LogP contribution < -0.4 is 0 Å². The fourth-order valence-electron chi connectivity index (χ4n) is 4.94. The van der Waals surface area contributed by atoms with Crippen LogP contribution in [0, 0.1) is 0 Å². The number of carbonyl (C=O) groups is 4. The molecule has 0 heterocycles. The van der Waals surface area contributed by atoms with Crippen LogP contribution in [-0.4, -0.2) is 64.7 Å². The van der Waals surface area contributed by atoms with Crippen molar-refractivity contribution in [3.8, 4) is 0 Å². The zero-order valence-corrected chi connectivity index (χ0v) is 32.1. The maximum atomic E-state index is 11.2. The fourth-order valence-corrected chi connectivity index (χ4v) is 4.94. The summed E-state index contributed by atoms with van der Waals surface area (Å²) in [5, 5.41) is 70.8. The zero-order valence-electron chi connectivity index (χ0n) is 32.1. The summed E-state index contributed by atoms with van der Waals surface area (Å²) in [5.74, 6) is -3.84. The molecule has 0 fully saturated rings. The molecule has 0 amide bonds. The van der Waals surface area contributed by atoms with Gasteiger partial charge in [-0.05, 0) is 93.4 Å². The van der Waals surface area contributed by atoms with Crippen molar-refractivity contribution in [2.24, 2.45) is 0 Å². The average molecular weight is 803 g/mol. The molecule has 5 aromatic carbocycles. The molecular weight excluding hydrogens is 757 g/mol. The van der Waals surface area contributed by atoms with E-state index in [1.54, 1.807) is 67.6 Å². The van der Waals surface area contributed by atoms with Gasteiger partial charge in [0.2, 0.25) is 0 Å². The van der Waals surface area contributed by atoms with E-state index in [0.29, 0.717) is 39.0 Å². The molecule has 0 unspecified atom stereocenters. The number of carboxylic acid groups (broad SMARTS) is 4. The van der Waals surface area contributed by atoms with Crippen molar-refractivity contribution in [3.05, 3.63) is 195 Å². The molecule has 0 bridgehead atoms. The van der Waals surface area contributed by atoms with E-state index in [1.165, 1.54) is 12.2 Å². The summed E-state index contributed by atoms with van der Waals surface area (Å²) in [4.78, 5) is 42.2. The van der Waals surface area contributed by atoms with Crippen LogP contribution in [-0.2, 0) is 45.6 Å². The molecule has 0 spiro atoms. The van der Waals surface area contributed by atoms with Gasteiger partial charge < -0.3 is 40.9 Å². The predicted molar refractivity (Wildman–Crippen MR) is 226 cm³/mol. The highest BCUT2D eigenvalue weighted by atomic mass is 16.4. The SMILES string of the molecule is C/C(=C\c1ccccc1)C(=O)O.O=C(O)/C(=C/c1ccccc1)c1ccccc1.O=C(O)/C=C/c1cc(CO)c(CO)c(CO)c1.O=C(O)/C=C/c1ccc(CO)cc1. The number of aliphatic carboxylic acids is 4. The first-order valence-corrected chi connectivity index (χ1v) is 17.8. The van der Waals surface area contributed by atoms with E-state index in [-0.39, 0.29) is 26.4 Å². The Bertz CT molecular complexity index is 2180. The van der Waals surface area contributed by atoms with Crippen molar-refractivity contribution in [1.82, 2.24) is 0 Å². The van der Waals surface area contributed by atoms with Gasteiger partial charge in [0, 0.05) is 17.7 Å². The lowest BCUT2D eigenvalue weighted by Crippen LogP contribution is -2.01. The first kappa shape index (κ1) is 47.9. The molecule has 306 valence electrons. The molecule has 0 aliphatic carbocycles. The third-order valence-electron chi connectivity index (χ3n) is 7.90. The number of carboxylic acids is 4. The molecule has 0 aliphatic rings. The Balaban J connectivity index is 0.000000274. The monoisotopic (exact) mass is 802 g/mol. The highest BCUT2D eigenvalue weighted by Crippen LogP contribution is 2.20. The van der Waals surface area contributed by atoms with Crippen molar-refractivity contribution in [3.63, 3.8) is 0 Å². The lowest BCUT2D eigenvalue weighted by Gasteiger charge is -2.11. The van der Waals surface area contributed by atoms with Gasteiger partial charge in [0.15, 0.2) is 0 Å². The van der Waals surface area contributed by atoms with Gasteiger partial charge in [0.05, 0.1) is 32.0 Å². The van der Waals surface area contributed by atoms with Crippen molar-refractivity contribution in [2.45, 2.75) is 33.4 Å². The largest absolute Gasteiger partial charge is 0.478 e. The highest BCUT2D eigenvalue weighted by Gasteiger charge is 2.10. The number of aliphatic hydroxyl groups is 4. The lowest BCUT2D eigenvalue weighted by molar-refractivity contribution is -0.133. The number of rotatable bonds is 13. The third kappa shape index (κ3) is 18.5. The molecule has 59 heavy (non-hydrogen) atoms. The van der Waals surface area contributed by atoms with E-state index in [1.807, 2.05) is 78.9 Å². The second-order valence-electron chi connectivity index (χ2n) is 12.2. The highest BCUT2D eigenvalue weighted by molar-refractivity contribution is 6.20. The van der Waals surface area contributed by atoms with Crippen molar-refractivity contribution in [2.75, 3.05) is 0 Å². The summed E-state index contributed by atoms with van der Waals surface area (Å²) in [6.45, 7) is 0.738. The second-order valence-corrected chi connectivity index (χ2v) is 12.2. The van der Waals surface area contributed by atoms with Gasteiger partial charge in [-0.2, -0.15) is 0 Å². The van der Waals surface area contributed by atoms with E-state index < -0.39 is 23.9 Å². The maximum Gasteiger partial charge on any atom is 0.336 e.